The van der Waals surface area contributed by atoms with Gasteiger partial charge in [0.1, 0.15) is 0 Å². The maximum atomic E-state index is 10.9. The number of carbonyl (C=O) groups is 1. The number of nitrogens with one attached hydrogen (secondary N) is 1. The second kappa shape index (κ2) is 4.60. The summed E-state index contributed by atoms with van der Waals surface area (Å²) in [6, 6.07) is 0. The Bertz CT molecular complexity index is 129. The van der Waals surface area contributed by atoms with Gasteiger partial charge in [-0.25, -0.2) is 0 Å². The molecule has 3 heteroatoms. The predicted octanol–water partition coefficient (Wildman–Crippen LogP) is 1.78. The standard InChI is InChI=1S/C8H16ClNO/c1-8(2,3)6-10-7(11)4-5-9/h4-6H2,1-3H3,(H,10,11). The third-order valence-electron chi connectivity index (χ3n) is 1.14. The molecule has 2 nitrogen and oxygen atoms in total. The highest BCUT2D eigenvalue weighted by Gasteiger charge is 2.10. The molecule has 0 saturated heterocycles. The van der Waals surface area contributed by atoms with Gasteiger partial charge in [0.15, 0.2) is 0 Å². The molecule has 0 bridgehead atoms. The lowest BCUT2D eigenvalue weighted by atomic mass is 9.97. The summed E-state index contributed by atoms with van der Waals surface area (Å²) in [7, 11) is 0. The average molecular weight is 178 g/mol. The summed E-state index contributed by atoms with van der Waals surface area (Å²) in [4.78, 5) is 10.9. The van der Waals surface area contributed by atoms with E-state index in [9.17, 15) is 4.79 Å². The highest BCUT2D eigenvalue weighted by atomic mass is 35.5. The minimum atomic E-state index is 0.0370. The molecule has 1 N–H and O–H groups in total. The fourth-order valence-electron chi connectivity index (χ4n) is 0.538. The van der Waals surface area contributed by atoms with Gasteiger partial charge in [-0.2, -0.15) is 0 Å². The van der Waals surface area contributed by atoms with Gasteiger partial charge in [0.05, 0.1) is 0 Å². The van der Waals surface area contributed by atoms with Crippen molar-refractivity contribution in [3.8, 4) is 0 Å². The van der Waals surface area contributed by atoms with E-state index < -0.39 is 0 Å². The third kappa shape index (κ3) is 7.66. The van der Waals surface area contributed by atoms with Gasteiger partial charge in [0, 0.05) is 18.8 Å². The lowest BCUT2D eigenvalue weighted by Crippen LogP contribution is -2.32. The SMILES string of the molecule is CC(C)(C)CNC(=O)CCCl. The van der Waals surface area contributed by atoms with E-state index in [0.29, 0.717) is 18.8 Å². The topological polar surface area (TPSA) is 29.1 Å². The monoisotopic (exact) mass is 177 g/mol. The molecule has 0 atom stereocenters. The van der Waals surface area contributed by atoms with Gasteiger partial charge >= 0.3 is 0 Å². The van der Waals surface area contributed by atoms with Gasteiger partial charge in [-0.3, -0.25) is 4.79 Å². The molecule has 1 amide bonds. The number of carbonyl (C=O) groups excluding carboxylic acids is 1. The third-order valence-corrected chi connectivity index (χ3v) is 1.33. The Morgan fingerprint density at radius 2 is 2.00 bits per heavy atom. The van der Waals surface area contributed by atoms with Crippen LogP contribution in [0.15, 0.2) is 0 Å². The number of hydrogen-bond acceptors (Lipinski definition) is 1. The van der Waals surface area contributed by atoms with Crippen molar-refractivity contribution in [1.29, 1.82) is 0 Å². The van der Waals surface area contributed by atoms with Gasteiger partial charge in [-0.15, -0.1) is 11.6 Å². The van der Waals surface area contributed by atoms with Gasteiger partial charge in [-0.1, -0.05) is 20.8 Å². The van der Waals surface area contributed by atoms with Crippen LogP contribution in [0.2, 0.25) is 0 Å². The Morgan fingerprint density at radius 1 is 1.45 bits per heavy atom. The molecule has 0 aromatic heterocycles. The Kier molecular flexibility index (Phi) is 4.50. The largest absolute Gasteiger partial charge is 0.356 e. The molecule has 0 radical (unpaired) electrons. The predicted molar refractivity (Wildman–Crippen MR) is 47.8 cm³/mol. The molecule has 0 saturated carbocycles. The van der Waals surface area contributed by atoms with E-state index in [1.807, 2.05) is 0 Å². The van der Waals surface area contributed by atoms with Crippen LogP contribution in [-0.4, -0.2) is 18.3 Å². The lowest BCUT2D eigenvalue weighted by Gasteiger charge is -2.18. The first-order valence-electron chi connectivity index (χ1n) is 3.78. The number of halogens is 1. The summed E-state index contributed by atoms with van der Waals surface area (Å²) in [5.41, 5.74) is 0.155. The molecule has 0 aromatic carbocycles. The summed E-state index contributed by atoms with van der Waals surface area (Å²) in [6.07, 6.45) is 0.414. The Morgan fingerprint density at radius 3 is 2.36 bits per heavy atom. The first kappa shape index (κ1) is 10.8. The van der Waals surface area contributed by atoms with Gasteiger partial charge in [0.25, 0.3) is 0 Å². The highest BCUT2D eigenvalue weighted by Crippen LogP contribution is 2.10. The molecular formula is C8H16ClNO. The minimum absolute atomic E-state index is 0.0370. The zero-order valence-corrected chi connectivity index (χ0v) is 8.16. The number of amides is 1. The average Bonchev–Trinajstić information content (AvgIpc) is 1.83. The zero-order chi connectivity index (χ0) is 8.91. The van der Waals surface area contributed by atoms with Crippen molar-refractivity contribution in [3.63, 3.8) is 0 Å². The Balaban J connectivity index is 3.46. The summed E-state index contributed by atoms with van der Waals surface area (Å²) >= 11 is 5.39. The van der Waals surface area contributed by atoms with Crippen LogP contribution in [0.3, 0.4) is 0 Å². The van der Waals surface area contributed by atoms with E-state index in [0.717, 1.165) is 0 Å². The van der Waals surface area contributed by atoms with Crippen molar-refractivity contribution in [3.05, 3.63) is 0 Å². The zero-order valence-electron chi connectivity index (χ0n) is 7.41. The maximum Gasteiger partial charge on any atom is 0.221 e. The highest BCUT2D eigenvalue weighted by molar-refractivity contribution is 6.18. The molecule has 0 unspecified atom stereocenters. The van der Waals surface area contributed by atoms with Crippen molar-refractivity contribution in [2.75, 3.05) is 12.4 Å². The number of hydrogen-bond donors (Lipinski definition) is 1. The van der Waals surface area contributed by atoms with Crippen LogP contribution in [0, 0.1) is 5.41 Å². The van der Waals surface area contributed by atoms with E-state index in [1.165, 1.54) is 0 Å². The van der Waals surface area contributed by atoms with Crippen LogP contribution in [-0.2, 0) is 4.79 Å². The molecule has 0 fully saturated rings. The summed E-state index contributed by atoms with van der Waals surface area (Å²) in [6.45, 7) is 6.94. The van der Waals surface area contributed by atoms with Crippen LogP contribution in [0.25, 0.3) is 0 Å². The first-order chi connectivity index (χ1) is 4.95. The molecule has 11 heavy (non-hydrogen) atoms. The number of rotatable bonds is 3. The van der Waals surface area contributed by atoms with Crippen LogP contribution in [0.4, 0.5) is 0 Å². The minimum Gasteiger partial charge on any atom is -0.356 e. The molecule has 0 aliphatic heterocycles. The van der Waals surface area contributed by atoms with E-state index >= 15 is 0 Å². The van der Waals surface area contributed by atoms with Crippen LogP contribution in [0.5, 0.6) is 0 Å². The van der Waals surface area contributed by atoms with Gasteiger partial charge < -0.3 is 5.32 Å². The van der Waals surface area contributed by atoms with Crippen molar-refractivity contribution in [1.82, 2.24) is 5.32 Å². The number of alkyl halides is 1. The summed E-state index contributed by atoms with van der Waals surface area (Å²) in [5.74, 6) is 0.436. The normalized spacial score (nSPS) is 11.3. The fraction of sp³-hybridized carbons (Fsp3) is 0.875. The first-order valence-corrected chi connectivity index (χ1v) is 4.32. The van der Waals surface area contributed by atoms with Crippen molar-refractivity contribution >= 4 is 17.5 Å². The summed E-state index contributed by atoms with van der Waals surface area (Å²) < 4.78 is 0. The van der Waals surface area contributed by atoms with Crippen LogP contribution in [0.1, 0.15) is 27.2 Å². The Hall–Kier alpha value is -0.240. The molecular weight excluding hydrogens is 162 g/mol. The smallest absolute Gasteiger partial charge is 0.221 e. The lowest BCUT2D eigenvalue weighted by molar-refractivity contribution is -0.121. The summed E-state index contributed by atoms with van der Waals surface area (Å²) in [5, 5.41) is 2.80. The molecule has 0 spiro atoms. The second-order valence-electron chi connectivity index (χ2n) is 3.78. The fourth-order valence-corrected chi connectivity index (χ4v) is 0.710. The van der Waals surface area contributed by atoms with E-state index in [1.54, 1.807) is 0 Å². The maximum absolute atomic E-state index is 10.9. The molecule has 0 aromatic rings. The van der Waals surface area contributed by atoms with E-state index in [2.05, 4.69) is 26.1 Å². The second-order valence-corrected chi connectivity index (χ2v) is 4.15. The Labute approximate surface area is 73.3 Å². The van der Waals surface area contributed by atoms with Crippen LogP contribution < -0.4 is 5.32 Å². The van der Waals surface area contributed by atoms with Gasteiger partial charge in [-0.05, 0) is 5.41 Å². The molecule has 0 heterocycles. The quantitative estimate of drug-likeness (QED) is 0.655. The van der Waals surface area contributed by atoms with E-state index in [-0.39, 0.29) is 11.3 Å². The van der Waals surface area contributed by atoms with Gasteiger partial charge in [0.2, 0.25) is 5.91 Å². The molecule has 0 aliphatic rings. The van der Waals surface area contributed by atoms with Crippen molar-refractivity contribution in [2.24, 2.45) is 5.41 Å². The van der Waals surface area contributed by atoms with Crippen molar-refractivity contribution in [2.45, 2.75) is 27.2 Å². The molecule has 0 aliphatic carbocycles. The van der Waals surface area contributed by atoms with Crippen molar-refractivity contribution < 1.29 is 4.79 Å². The van der Waals surface area contributed by atoms with Crippen LogP contribution >= 0.6 is 11.6 Å². The van der Waals surface area contributed by atoms with E-state index in [4.69, 9.17) is 11.6 Å². The molecule has 0 rings (SSSR count). The molecule has 66 valence electrons.